The Hall–Kier alpha value is -4.98. The van der Waals surface area contributed by atoms with Crippen molar-refractivity contribution in [1.82, 2.24) is 20.4 Å². The first-order chi connectivity index (χ1) is 24.1. The van der Waals surface area contributed by atoms with Crippen molar-refractivity contribution < 1.29 is 4.42 Å². The fourth-order valence-corrected chi connectivity index (χ4v) is 7.03. The Morgan fingerprint density at radius 2 is 0.939 bits per heavy atom. The number of piperidine rings is 2. The average molecular weight is 651 g/mol. The number of nitrogens with one attached hydrogen (secondary N) is 4. The zero-order valence-corrected chi connectivity index (χ0v) is 28.1. The molecule has 0 unspecified atom stereocenters. The standard InChI is InChI=1S/C42H46N6O/c43-41(45-37-19-23-47(24-20-37)29-31-9-3-1-4-10-31)35-15-7-13-33(27-35)39-17-18-40(49-39)34-14-8-16-36(28-34)42(44)46-38-21-25-48(26-22-38)30-32-11-5-2-6-12-32/h1-18,27-28,37-38H,19-26,29-30H2,(H2,43,45)(H2,44,46). The molecule has 3 heterocycles. The summed E-state index contributed by atoms with van der Waals surface area (Å²) in [6, 6.07) is 42.0. The molecule has 250 valence electrons. The van der Waals surface area contributed by atoms with Crippen molar-refractivity contribution in [2.75, 3.05) is 26.2 Å². The first-order valence-electron chi connectivity index (χ1n) is 17.6. The summed E-state index contributed by atoms with van der Waals surface area (Å²) in [5, 5.41) is 24.6. The molecule has 0 spiro atoms. The molecule has 2 fully saturated rings. The number of likely N-dealkylation sites (tertiary alicyclic amines) is 2. The predicted octanol–water partition coefficient (Wildman–Crippen LogP) is 7.77. The molecule has 7 nitrogen and oxygen atoms in total. The van der Waals surface area contributed by atoms with Gasteiger partial charge in [0.05, 0.1) is 0 Å². The zero-order chi connectivity index (χ0) is 33.4. The maximum Gasteiger partial charge on any atom is 0.134 e. The fraction of sp³-hybridized carbons (Fsp3) is 0.286. The van der Waals surface area contributed by atoms with Crippen molar-refractivity contribution in [1.29, 1.82) is 10.8 Å². The molecule has 0 radical (unpaired) electrons. The van der Waals surface area contributed by atoms with Gasteiger partial charge in [0.25, 0.3) is 0 Å². The van der Waals surface area contributed by atoms with Gasteiger partial charge >= 0.3 is 0 Å². The maximum atomic E-state index is 8.82. The molecule has 0 aliphatic carbocycles. The molecule has 0 saturated carbocycles. The molecule has 5 aromatic rings. The third-order valence-corrected chi connectivity index (χ3v) is 9.85. The van der Waals surface area contributed by atoms with Crippen molar-refractivity contribution in [2.45, 2.75) is 50.9 Å². The summed E-state index contributed by atoms with van der Waals surface area (Å²) in [7, 11) is 0. The van der Waals surface area contributed by atoms with E-state index in [9.17, 15) is 0 Å². The molecule has 7 rings (SSSR count). The van der Waals surface area contributed by atoms with E-state index in [4.69, 9.17) is 15.2 Å². The number of nitrogens with zero attached hydrogens (tertiary/aromatic N) is 2. The highest BCUT2D eigenvalue weighted by atomic mass is 16.3. The quantitative estimate of drug-likeness (QED) is 0.0916. The van der Waals surface area contributed by atoms with E-state index in [0.29, 0.717) is 23.8 Å². The fourth-order valence-electron chi connectivity index (χ4n) is 7.03. The number of benzene rings is 4. The van der Waals surface area contributed by atoms with E-state index in [0.717, 1.165) is 98.7 Å². The number of furan rings is 1. The van der Waals surface area contributed by atoms with Crippen LogP contribution in [0.2, 0.25) is 0 Å². The van der Waals surface area contributed by atoms with E-state index in [1.165, 1.54) is 11.1 Å². The summed E-state index contributed by atoms with van der Waals surface area (Å²) >= 11 is 0. The smallest absolute Gasteiger partial charge is 0.134 e. The molecule has 4 N–H and O–H groups in total. The molecule has 7 heteroatoms. The summed E-state index contributed by atoms with van der Waals surface area (Å²) in [6.45, 7) is 6.08. The Morgan fingerprint density at radius 3 is 1.35 bits per heavy atom. The van der Waals surface area contributed by atoms with Gasteiger partial charge in [0.1, 0.15) is 23.2 Å². The highest BCUT2D eigenvalue weighted by molar-refractivity contribution is 5.98. The number of amidine groups is 2. The van der Waals surface area contributed by atoms with E-state index in [1.807, 2.05) is 60.7 Å². The van der Waals surface area contributed by atoms with Crippen molar-refractivity contribution >= 4 is 11.7 Å². The van der Waals surface area contributed by atoms with Gasteiger partial charge in [0.15, 0.2) is 0 Å². The molecule has 49 heavy (non-hydrogen) atoms. The highest BCUT2D eigenvalue weighted by Gasteiger charge is 2.22. The van der Waals surface area contributed by atoms with Crippen LogP contribution in [0.5, 0.6) is 0 Å². The second-order valence-electron chi connectivity index (χ2n) is 13.4. The van der Waals surface area contributed by atoms with Gasteiger partial charge in [-0.25, -0.2) is 0 Å². The summed E-state index contributed by atoms with van der Waals surface area (Å²) in [5.41, 5.74) is 6.30. The second-order valence-corrected chi connectivity index (χ2v) is 13.4. The van der Waals surface area contributed by atoms with Crippen LogP contribution in [-0.2, 0) is 13.1 Å². The lowest BCUT2D eigenvalue weighted by Crippen LogP contribution is -2.44. The summed E-state index contributed by atoms with van der Waals surface area (Å²) in [5.74, 6) is 2.44. The largest absolute Gasteiger partial charge is 0.456 e. The Balaban J connectivity index is 0.919. The number of hydrogen-bond acceptors (Lipinski definition) is 5. The number of hydrogen-bond donors (Lipinski definition) is 4. The Morgan fingerprint density at radius 1 is 0.531 bits per heavy atom. The van der Waals surface area contributed by atoms with Crippen molar-refractivity contribution in [3.05, 3.63) is 144 Å². The van der Waals surface area contributed by atoms with Gasteiger partial charge in [-0.2, -0.15) is 0 Å². The lowest BCUT2D eigenvalue weighted by atomic mass is 10.0. The molecule has 2 saturated heterocycles. The monoisotopic (exact) mass is 650 g/mol. The van der Waals surface area contributed by atoms with Crippen molar-refractivity contribution in [3.8, 4) is 22.6 Å². The minimum absolute atomic E-state index is 0.298. The van der Waals surface area contributed by atoms with Gasteiger partial charge in [-0.15, -0.1) is 0 Å². The van der Waals surface area contributed by atoms with Crippen LogP contribution >= 0.6 is 0 Å². The average Bonchev–Trinajstić information content (AvgIpc) is 3.65. The van der Waals surface area contributed by atoms with Gasteiger partial charge in [-0.1, -0.05) is 97.1 Å². The first-order valence-corrected chi connectivity index (χ1v) is 17.6. The maximum absolute atomic E-state index is 8.82. The van der Waals surface area contributed by atoms with Crippen LogP contribution in [0.1, 0.15) is 47.9 Å². The Kier molecular flexibility index (Phi) is 10.3. The molecule has 0 amide bonds. The van der Waals surface area contributed by atoms with Gasteiger partial charge in [-0.3, -0.25) is 20.6 Å². The Bertz CT molecular complexity index is 1700. The SMILES string of the molecule is N=C(NC1CCN(Cc2ccccc2)CC1)c1cccc(-c2ccc(-c3cccc(C(=N)NC4CCN(Cc5ccccc5)CC4)c3)o2)c1. The second kappa shape index (κ2) is 15.5. The molecule has 2 aliphatic heterocycles. The van der Waals surface area contributed by atoms with E-state index < -0.39 is 0 Å². The summed E-state index contributed by atoms with van der Waals surface area (Å²) in [6.07, 6.45) is 4.10. The van der Waals surface area contributed by atoms with Gasteiger partial charge < -0.3 is 15.1 Å². The number of rotatable bonds is 10. The predicted molar refractivity (Wildman–Crippen MR) is 199 cm³/mol. The van der Waals surface area contributed by atoms with Gasteiger partial charge in [0.2, 0.25) is 0 Å². The molecule has 2 aliphatic rings. The van der Waals surface area contributed by atoms with Crippen LogP contribution in [0.25, 0.3) is 22.6 Å². The zero-order valence-electron chi connectivity index (χ0n) is 28.1. The van der Waals surface area contributed by atoms with Crippen LogP contribution in [0.3, 0.4) is 0 Å². The summed E-state index contributed by atoms with van der Waals surface area (Å²) in [4.78, 5) is 5.00. The molecular weight excluding hydrogens is 605 g/mol. The molecule has 0 bridgehead atoms. The lowest BCUT2D eigenvalue weighted by Gasteiger charge is -2.33. The van der Waals surface area contributed by atoms with E-state index >= 15 is 0 Å². The third kappa shape index (κ3) is 8.55. The van der Waals surface area contributed by atoms with Gasteiger partial charge in [-0.05, 0) is 61.1 Å². The minimum Gasteiger partial charge on any atom is -0.456 e. The van der Waals surface area contributed by atoms with E-state index in [1.54, 1.807) is 0 Å². The van der Waals surface area contributed by atoms with Crippen LogP contribution < -0.4 is 10.6 Å². The molecule has 0 atom stereocenters. The van der Waals surface area contributed by atoms with Crippen molar-refractivity contribution in [2.24, 2.45) is 0 Å². The van der Waals surface area contributed by atoms with Crippen LogP contribution in [0, 0.1) is 10.8 Å². The lowest BCUT2D eigenvalue weighted by molar-refractivity contribution is 0.199. The van der Waals surface area contributed by atoms with E-state index in [2.05, 4.69) is 81.1 Å². The van der Waals surface area contributed by atoms with Gasteiger partial charge in [0, 0.05) is 73.6 Å². The summed E-state index contributed by atoms with van der Waals surface area (Å²) < 4.78 is 6.35. The van der Waals surface area contributed by atoms with Crippen molar-refractivity contribution in [3.63, 3.8) is 0 Å². The Labute approximate surface area is 290 Å². The van der Waals surface area contributed by atoms with Crippen LogP contribution in [0.15, 0.2) is 126 Å². The molecule has 1 aromatic heterocycles. The normalized spacial score (nSPS) is 16.3. The highest BCUT2D eigenvalue weighted by Crippen LogP contribution is 2.30. The third-order valence-electron chi connectivity index (χ3n) is 9.85. The molecule has 4 aromatic carbocycles. The topological polar surface area (TPSA) is 91.4 Å². The first kappa shape index (κ1) is 32.6. The minimum atomic E-state index is 0.298. The van der Waals surface area contributed by atoms with E-state index in [-0.39, 0.29) is 0 Å². The van der Waals surface area contributed by atoms with Crippen LogP contribution in [-0.4, -0.2) is 59.7 Å². The van der Waals surface area contributed by atoms with Crippen LogP contribution in [0.4, 0.5) is 0 Å². The molecular formula is C42H46N6O.